The minimum absolute atomic E-state index is 0.0282. The first-order chi connectivity index (χ1) is 10.1. The second-order valence-electron chi connectivity index (χ2n) is 4.82. The van der Waals surface area contributed by atoms with Crippen molar-refractivity contribution in [2.45, 2.75) is 32.2 Å². The molecule has 1 N–H and O–H groups in total. The molecule has 0 amide bonds. The van der Waals surface area contributed by atoms with Gasteiger partial charge in [-0.3, -0.25) is 10.1 Å². The van der Waals surface area contributed by atoms with Gasteiger partial charge in [0.15, 0.2) is 0 Å². The summed E-state index contributed by atoms with van der Waals surface area (Å²) in [5.74, 6) is 0.811. The minimum atomic E-state index is -0.446. The third-order valence-corrected chi connectivity index (χ3v) is 3.60. The number of nitrogens with one attached hydrogen (secondary N) is 1. The highest BCUT2D eigenvalue weighted by molar-refractivity contribution is 5.67. The van der Waals surface area contributed by atoms with Crippen LogP contribution in [-0.4, -0.2) is 28.2 Å². The van der Waals surface area contributed by atoms with Crippen molar-refractivity contribution in [2.24, 2.45) is 0 Å². The minimum Gasteiger partial charge on any atom is -0.339 e. The van der Waals surface area contributed by atoms with E-state index < -0.39 is 4.92 Å². The van der Waals surface area contributed by atoms with E-state index in [1.807, 2.05) is 20.9 Å². The van der Waals surface area contributed by atoms with Gasteiger partial charge in [0.1, 0.15) is 5.56 Å². The van der Waals surface area contributed by atoms with Crippen LogP contribution in [0.5, 0.6) is 0 Å². The predicted molar refractivity (Wildman–Crippen MR) is 77.9 cm³/mol. The van der Waals surface area contributed by atoms with Gasteiger partial charge in [0, 0.05) is 12.1 Å². The van der Waals surface area contributed by atoms with Crippen LogP contribution in [0.3, 0.4) is 0 Å². The Morgan fingerprint density at radius 2 is 2.14 bits per heavy atom. The lowest BCUT2D eigenvalue weighted by molar-refractivity contribution is -0.384. The van der Waals surface area contributed by atoms with E-state index in [9.17, 15) is 10.1 Å². The Morgan fingerprint density at radius 1 is 1.43 bits per heavy atom. The Labute approximate surface area is 122 Å². The largest absolute Gasteiger partial charge is 0.339 e. The molecule has 0 saturated heterocycles. The number of nitro groups is 1. The predicted octanol–water partition coefficient (Wildman–Crippen LogP) is 2.75. The summed E-state index contributed by atoms with van der Waals surface area (Å²) in [4.78, 5) is 15.0. The quantitative estimate of drug-likeness (QED) is 0.649. The topological polar surface area (TPSA) is 94.1 Å². The summed E-state index contributed by atoms with van der Waals surface area (Å²) in [6, 6.07) is 6.55. The second kappa shape index (κ2) is 6.45. The molecule has 2 rings (SSSR count). The summed E-state index contributed by atoms with van der Waals surface area (Å²) < 4.78 is 5.31. The molecule has 0 aliphatic rings. The highest BCUT2D eigenvalue weighted by Crippen LogP contribution is 2.29. The first-order valence-corrected chi connectivity index (χ1v) is 6.83. The number of hydrogen-bond donors (Lipinski definition) is 1. The molecule has 1 aromatic heterocycles. The highest BCUT2D eigenvalue weighted by atomic mass is 16.6. The monoisotopic (exact) mass is 290 g/mol. The van der Waals surface area contributed by atoms with Gasteiger partial charge in [-0.15, -0.1) is 0 Å². The van der Waals surface area contributed by atoms with E-state index in [1.165, 1.54) is 6.07 Å². The first-order valence-electron chi connectivity index (χ1n) is 6.83. The third-order valence-electron chi connectivity index (χ3n) is 3.60. The molecule has 2 aromatic rings. The van der Waals surface area contributed by atoms with Crippen molar-refractivity contribution in [1.82, 2.24) is 15.5 Å². The number of hydrogen-bond acceptors (Lipinski definition) is 6. The van der Waals surface area contributed by atoms with Gasteiger partial charge in [-0.2, -0.15) is 4.98 Å². The standard InChI is InChI=1S/C14H18N4O3/c1-4-10(9(2)15-3)14-16-13(17-21-14)11-7-5-6-8-12(11)18(19)20/h5-10,15H,4H2,1-3H3. The molecular weight excluding hydrogens is 272 g/mol. The number of likely N-dealkylation sites (N-methyl/N-ethyl adjacent to an activating group) is 1. The lowest BCUT2D eigenvalue weighted by Crippen LogP contribution is -2.28. The molecule has 112 valence electrons. The number of aromatic nitrogens is 2. The average Bonchev–Trinajstić information content (AvgIpc) is 2.97. The maximum Gasteiger partial charge on any atom is 0.280 e. The molecule has 0 spiro atoms. The molecule has 7 heteroatoms. The molecule has 0 aliphatic carbocycles. The molecule has 0 saturated carbocycles. The van der Waals surface area contributed by atoms with Crippen LogP contribution < -0.4 is 5.32 Å². The molecule has 0 bridgehead atoms. The van der Waals surface area contributed by atoms with E-state index >= 15 is 0 Å². The SMILES string of the molecule is CCC(c1nc(-c2ccccc2[N+](=O)[O-])no1)C(C)NC. The van der Waals surface area contributed by atoms with Gasteiger partial charge >= 0.3 is 0 Å². The zero-order valence-corrected chi connectivity index (χ0v) is 12.2. The summed E-state index contributed by atoms with van der Waals surface area (Å²) in [6.07, 6.45) is 0.834. The van der Waals surface area contributed by atoms with Gasteiger partial charge in [0.25, 0.3) is 5.69 Å². The zero-order valence-electron chi connectivity index (χ0n) is 12.2. The molecule has 0 fully saturated rings. The van der Waals surface area contributed by atoms with Crippen LogP contribution >= 0.6 is 0 Å². The number of benzene rings is 1. The van der Waals surface area contributed by atoms with Crippen molar-refractivity contribution in [3.8, 4) is 11.4 Å². The molecule has 1 heterocycles. The molecule has 21 heavy (non-hydrogen) atoms. The van der Waals surface area contributed by atoms with Crippen LogP contribution in [0.15, 0.2) is 28.8 Å². The molecule has 0 radical (unpaired) electrons. The fraction of sp³-hybridized carbons (Fsp3) is 0.429. The first kappa shape index (κ1) is 15.1. The lowest BCUT2D eigenvalue weighted by atomic mass is 9.98. The third kappa shape index (κ3) is 3.08. The molecule has 0 aliphatic heterocycles. The van der Waals surface area contributed by atoms with Crippen LogP contribution in [0.25, 0.3) is 11.4 Å². The van der Waals surface area contributed by atoms with Gasteiger partial charge in [-0.05, 0) is 26.5 Å². The summed E-state index contributed by atoms with van der Waals surface area (Å²) in [7, 11) is 1.87. The Kier molecular flexibility index (Phi) is 4.64. The van der Waals surface area contributed by atoms with Crippen LogP contribution in [0, 0.1) is 10.1 Å². The van der Waals surface area contributed by atoms with Crippen molar-refractivity contribution in [3.05, 3.63) is 40.3 Å². The van der Waals surface area contributed by atoms with E-state index in [0.717, 1.165) is 6.42 Å². The highest BCUT2D eigenvalue weighted by Gasteiger charge is 2.25. The summed E-state index contributed by atoms with van der Waals surface area (Å²) in [5, 5.41) is 18.1. The number of para-hydroxylation sites is 1. The van der Waals surface area contributed by atoms with Crippen molar-refractivity contribution < 1.29 is 9.45 Å². The smallest absolute Gasteiger partial charge is 0.280 e. The van der Waals surface area contributed by atoms with Gasteiger partial charge in [0.2, 0.25) is 11.7 Å². The van der Waals surface area contributed by atoms with Crippen molar-refractivity contribution in [2.75, 3.05) is 7.05 Å². The Balaban J connectivity index is 2.38. The van der Waals surface area contributed by atoms with Crippen LogP contribution in [-0.2, 0) is 0 Å². The summed E-state index contributed by atoms with van der Waals surface area (Å²) in [5.41, 5.74) is 0.337. The normalized spacial score (nSPS) is 13.9. The van der Waals surface area contributed by atoms with E-state index in [0.29, 0.717) is 11.5 Å². The molecule has 7 nitrogen and oxygen atoms in total. The Morgan fingerprint density at radius 3 is 2.76 bits per heavy atom. The second-order valence-corrected chi connectivity index (χ2v) is 4.82. The van der Waals surface area contributed by atoms with E-state index in [2.05, 4.69) is 15.5 Å². The van der Waals surface area contributed by atoms with E-state index in [-0.39, 0.29) is 23.5 Å². The van der Waals surface area contributed by atoms with Gasteiger partial charge in [-0.25, -0.2) is 0 Å². The van der Waals surface area contributed by atoms with Crippen molar-refractivity contribution in [3.63, 3.8) is 0 Å². The van der Waals surface area contributed by atoms with E-state index in [4.69, 9.17) is 4.52 Å². The number of nitrogens with zero attached hydrogens (tertiary/aromatic N) is 3. The number of nitro benzene ring substituents is 1. The lowest BCUT2D eigenvalue weighted by Gasteiger charge is -2.17. The Hall–Kier alpha value is -2.28. The van der Waals surface area contributed by atoms with Gasteiger partial charge in [-0.1, -0.05) is 24.2 Å². The fourth-order valence-electron chi connectivity index (χ4n) is 2.26. The van der Waals surface area contributed by atoms with Gasteiger partial charge < -0.3 is 9.84 Å². The fourth-order valence-corrected chi connectivity index (χ4v) is 2.26. The average molecular weight is 290 g/mol. The zero-order chi connectivity index (χ0) is 15.4. The number of rotatable bonds is 6. The molecule has 2 unspecified atom stereocenters. The summed E-state index contributed by atoms with van der Waals surface area (Å²) in [6.45, 7) is 4.07. The maximum atomic E-state index is 11.1. The molecule has 1 aromatic carbocycles. The Bertz CT molecular complexity index is 626. The van der Waals surface area contributed by atoms with E-state index in [1.54, 1.807) is 18.2 Å². The van der Waals surface area contributed by atoms with Gasteiger partial charge in [0.05, 0.1) is 10.8 Å². The molecule has 2 atom stereocenters. The van der Waals surface area contributed by atoms with Crippen LogP contribution in [0.1, 0.15) is 32.1 Å². The van der Waals surface area contributed by atoms with Crippen molar-refractivity contribution in [1.29, 1.82) is 0 Å². The van der Waals surface area contributed by atoms with Crippen LogP contribution in [0.4, 0.5) is 5.69 Å². The van der Waals surface area contributed by atoms with Crippen molar-refractivity contribution >= 4 is 5.69 Å². The molecular formula is C14H18N4O3. The maximum absolute atomic E-state index is 11.1. The van der Waals surface area contributed by atoms with Crippen LogP contribution in [0.2, 0.25) is 0 Å². The summed E-state index contributed by atoms with van der Waals surface area (Å²) >= 11 is 0.